The molecule has 0 aliphatic carbocycles. The third-order valence-electron chi connectivity index (χ3n) is 6.29. The van der Waals surface area contributed by atoms with Crippen molar-refractivity contribution in [3.05, 3.63) is 53.6 Å². The number of sulfonamides is 1. The molecule has 0 aromatic heterocycles. The molecule has 9 heteroatoms. The van der Waals surface area contributed by atoms with Crippen LogP contribution in [0.5, 0.6) is 0 Å². The van der Waals surface area contributed by atoms with Gasteiger partial charge in [0.2, 0.25) is 10.0 Å². The lowest BCUT2D eigenvalue weighted by Crippen LogP contribution is -2.40. The zero-order valence-corrected chi connectivity index (χ0v) is 20.3. The fraction of sp³-hybridized carbons (Fsp3) is 0.440. The van der Waals surface area contributed by atoms with E-state index in [1.54, 1.807) is 36.4 Å². The summed E-state index contributed by atoms with van der Waals surface area (Å²) in [5.74, 6) is -1.45. The standard InChI is InChI=1S/C25H31N3O5S/c1-19-6-8-20(9-7-19)24(29)25(30)26-22-18-21(34(31,32)28-14-16-33-17-15-28)10-11-23(22)27-12-4-2-3-5-13-27/h6-11,18H,2-5,12-17H2,1H3,(H,26,30). The topological polar surface area (TPSA) is 96.0 Å². The Morgan fingerprint density at radius 1 is 0.882 bits per heavy atom. The molecule has 0 saturated carbocycles. The minimum atomic E-state index is -3.75. The van der Waals surface area contributed by atoms with Gasteiger partial charge in [-0.15, -0.1) is 0 Å². The van der Waals surface area contributed by atoms with Crippen molar-refractivity contribution in [3.8, 4) is 0 Å². The third kappa shape index (κ3) is 5.48. The first-order valence-corrected chi connectivity index (χ1v) is 13.2. The van der Waals surface area contributed by atoms with Gasteiger partial charge in [-0.1, -0.05) is 42.7 Å². The summed E-state index contributed by atoms with van der Waals surface area (Å²) in [4.78, 5) is 27.9. The Morgan fingerprint density at radius 2 is 1.53 bits per heavy atom. The summed E-state index contributed by atoms with van der Waals surface area (Å²) in [6.45, 7) is 4.78. The van der Waals surface area contributed by atoms with Crippen molar-refractivity contribution >= 4 is 33.1 Å². The Labute approximate surface area is 200 Å². The van der Waals surface area contributed by atoms with Gasteiger partial charge in [-0.05, 0) is 38.0 Å². The lowest BCUT2D eigenvalue weighted by molar-refractivity contribution is -0.112. The molecule has 2 saturated heterocycles. The Kier molecular flexibility index (Phi) is 7.65. The summed E-state index contributed by atoms with van der Waals surface area (Å²) >= 11 is 0. The minimum absolute atomic E-state index is 0.0889. The van der Waals surface area contributed by atoms with E-state index in [0.717, 1.165) is 50.0 Å². The summed E-state index contributed by atoms with van der Waals surface area (Å²) in [6.07, 6.45) is 4.30. The van der Waals surface area contributed by atoms with E-state index >= 15 is 0 Å². The summed E-state index contributed by atoms with van der Waals surface area (Å²) in [6, 6.07) is 11.6. The first kappa shape index (κ1) is 24.4. The van der Waals surface area contributed by atoms with Gasteiger partial charge >= 0.3 is 0 Å². The zero-order valence-electron chi connectivity index (χ0n) is 19.5. The van der Waals surface area contributed by atoms with E-state index in [4.69, 9.17) is 4.74 Å². The van der Waals surface area contributed by atoms with Gasteiger partial charge in [-0.2, -0.15) is 4.31 Å². The van der Waals surface area contributed by atoms with E-state index in [2.05, 4.69) is 10.2 Å². The van der Waals surface area contributed by atoms with E-state index in [-0.39, 0.29) is 23.5 Å². The number of nitrogens with zero attached hydrogens (tertiary/aromatic N) is 2. The van der Waals surface area contributed by atoms with Gasteiger partial charge in [0.25, 0.3) is 11.7 Å². The van der Waals surface area contributed by atoms with Gasteiger partial charge in [0.15, 0.2) is 0 Å². The predicted octanol–water partition coefficient (Wildman–Crippen LogP) is 3.22. The van der Waals surface area contributed by atoms with Gasteiger partial charge in [-0.25, -0.2) is 8.42 Å². The lowest BCUT2D eigenvalue weighted by Gasteiger charge is -2.28. The highest BCUT2D eigenvalue weighted by molar-refractivity contribution is 7.89. The molecule has 2 heterocycles. The molecule has 0 spiro atoms. The van der Waals surface area contributed by atoms with E-state index < -0.39 is 21.7 Å². The number of carbonyl (C=O) groups excluding carboxylic acids is 2. The second-order valence-electron chi connectivity index (χ2n) is 8.75. The van der Waals surface area contributed by atoms with Crippen molar-refractivity contribution in [2.75, 3.05) is 49.6 Å². The van der Waals surface area contributed by atoms with Crippen LogP contribution in [0, 0.1) is 6.92 Å². The van der Waals surface area contributed by atoms with Crippen molar-refractivity contribution in [3.63, 3.8) is 0 Å². The SMILES string of the molecule is Cc1ccc(C(=O)C(=O)Nc2cc(S(=O)(=O)N3CCOCC3)ccc2N2CCCCCC2)cc1. The quantitative estimate of drug-likeness (QED) is 0.499. The molecule has 2 aromatic carbocycles. The minimum Gasteiger partial charge on any atom is -0.379 e. The molecule has 8 nitrogen and oxygen atoms in total. The van der Waals surface area contributed by atoms with Crippen molar-refractivity contribution in [1.29, 1.82) is 0 Å². The number of hydrogen-bond donors (Lipinski definition) is 1. The molecule has 0 atom stereocenters. The number of hydrogen-bond acceptors (Lipinski definition) is 6. The number of benzene rings is 2. The normalized spacial score (nSPS) is 17.7. The maximum absolute atomic E-state index is 13.2. The number of nitrogens with one attached hydrogen (secondary N) is 1. The van der Waals surface area contributed by atoms with Crippen LogP contribution in [0.25, 0.3) is 0 Å². The van der Waals surface area contributed by atoms with Crippen molar-refractivity contribution in [1.82, 2.24) is 4.31 Å². The van der Waals surface area contributed by atoms with Gasteiger partial charge < -0.3 is 15.0 Å². The largest absolute Gasteiger partial charge is 0.379 e. The molecule has 0 bridgehead atoms. The van der Waals surface area contributed by atoms with E-state index in [9.17, 15) is 18.0 Å². The fourth-order valence-electron chi connectivity index (χ4n) is 4.31. The Hall–Kier alpha value is -2.75. The van der Waals surface area contributed by atoms with Crippen LogP contribution in [0.3, 0.4) is 0 Å². The monoisotopic (exact) mass is 485 g/mol. The number of ketones is 1. The van der Waals surface area contributed by atoms with Crippen LogP contribution in [0.1, 0.15) is 41.6 Å². The fourth-order valence-corrected chi connectivity index (χ4v) is 5.75. The molecule has 2 aliphatic heterocycles. The molecule has 4 rings (SSSR count). The molecule has 0 unspecified atom stereocenters. The molecular formula is C25H31N3O5S. The maximum Gasteiger partial charge on any atom is 0.296 e. The number of carbonyl (C=O) groups is 2. The average Bonchev–Trinajstić information content (AvgIpc) is 3.14. The van der Waals surface area contributed by atoms with Crippen LogP contribution >= 0.6 is 0 Å². The first-order chi connectivity index (χ1) is 16.4. The maximum atomic E-state index is 13.2. The van der Waals surface area contributed by atoms with Crippen LogP contribution in [0.2, 0.25) is 0 Å². The molecule has 34 heavy (non-hydrogen) atoms. The third-order valence-corrected chi connectivity index (χ3v) is 8.19. The highest BCUT2D eigenvalue weighted by atomic mass is 32.2. The van der Waals surface area contributed by atoms with Crippen molar-refractivity contribution in [2.45, 2.75) is 37.5 Å². The van der Waals surface area contributed by atoms with E-state index in [1.807, 2.05) is 6.92 Å². The molecule has 2 fully saturated rings. The molecule has 0 radical (unpaired) electrons. The molecule has 2 aromatic rings. The van der Waals surface area contributed by atoms with E-state index in [0.29, 0.717) is 18.9 Å². The summed E-state index contributed by atoms with van der Waals surface area (Å²) in [5, 5.41) is 2.72. The molecule has 182 valence electrons. The first-order valence-electron chi connectivity index (χ1n) is 11.8. The highest BCUT2D eigenvalue weighted by Gasteiger charge is 2.28. The Morgan fingerprint density at radius 3 is 2.18 bits per heavy atom. The van der Waals surface area contributed by atoms with E-state index in [1.165, 1.54) is 10.4 Å². The number of ether oxygens (including phenoxy) is 1. The summed E-state index contributed by atoms with van der Waals surface area (Å²) in [7, 11) is -3.75. The Bertz CT molecular complexity index is 1130. The number of morpholine rings is 1. The average molecular weight is 486 g/mol. The van der Waals surface area contributed by atoms with Gasteiger partial charge in [0.1, 0.15) is 0 Å². The van der Waals surface area contributed by atoms with Crippen LogP contribution in [-0.4, -0.2) is 63.8 Å². The number of amides is 1. The second kappa shape index (κ2) is 10.7. The van der Waals surface area contributed by atoms with Crippen LogP contribution in [-0.2, 0) is 19.6 Å². The Balaban J connectivity index is 1.66. The van der Waals surface area contributed by atoms with Gasteiger partial charge in [-0.3, -0.25) is 9.59 Å². The van der Waals surface area contributed by atoms with Crippen LogP contribution in [0.4, 0.5) is 11.4 Å². The van der Waals surface area contributed by atoms with Crippen molar-refractivity contribution in [2.24, 2.45) is 0 Å². The van der Waals surface area contributed by atoms with Gasteiger partial charge in [0.05, 0.1) is 29.5 Å². The van der Waals surface area contributed by atoms with Crippen LogP contribution in [0.15, 0.2) is 47.4 Å². The highest BCUT2D eigenvalue weighted by Crippen LogP contribution is 2.32. The predicted molar refractivity (Wildman–Crippen MR) is 131 cm³/mol. The number of anilines is 2. The number of aryl methyl sites for hydroxylation is 1. The lowest BCUT2D eigenvalue weighted by atomic mass is 10.1. The zero-order chi connectivity index (χ0) is 24.1. The van der Waals surface area contributed by atoms with Crippen LogP contribution < -0.4 is 10.2 Å². The number of Topliss-reactive ketones (excluding diaryl/α,β-unsaturated/α-hetero) is 1. The smallest absolute Gasteiger partial charge is 0.296 e. The molecule has 2 aliphatic rings. The summed E-state index contributed by atoms with van der Waals surface area (Å²) in [5.41, 5.74) is 2.34. The molecule has 1 N–H and O–H groups in total. The second-order valence-corrected chi connectivity index (χ2v) is 10.7. The van der Waals surface area contributed by atoms with Crippen molar-refractivity contribution < 1.29 is 22.7 Å². The molecule has 1 amide bonds. The molecular weight excluding hydrogens is 454 g/mol. The summed E-state index contributed by atoms with van der Waals surface area (Å²) < 4.78 is 33.1. The number of rotatable bonds is 6. The van der Waals surface area contributed by atoms with Gasteiger partial charge in [0, 0.05) is 31.7 Å².